The summed E-state index contributed by atoms with van der Waals surface area (Å²) < 4.78 is 3.03. The van der Waals surface area contributed by atoms with E-state index in [1.807, 2.05) is 42.5 Å². The van der Waals surface area contributed by atoms with Crippen molar-refractivity contribution < 1.29 is 9.90 Å². The van der Waals surface area contributed by atoms with Crippen LogP contribution in [-0.2, 0) is 16.8 Å². The first kappa shape index (κ1) is 25.1. The van der Waals surface area contributed by atoms with Crippen LogP contribution in [0.4, 0.5) is 0 Å². The number of hydrogen-bond acceptors (Lipinski definition) is 3. The van der Waals surface area contributed by atoms with Crippen molar-refractivity contribution in [2.75, 3.05) is 0 Å². The maximum absolute atomic E-state index is 13.0. The van der Waals surface area contributed by atoms with E-state index in [0.29, 0.717) is 18.3 Å². The van der Waals surface area contributed by atoms with Gasteiger partial charge in [-0.15, -0.1) is 0 Å². The number of aliphatic hydroxyl groups is 1. The molecule has 3 aromatic rings. The van der Waals surface area contributed by atoms with Crippen molar-refractivity contribution in [1.29, 1.82) is 0 Å². The van der Waals surface area contributed by atoms with Crippen molar-refractivity contribution in [3.8, 4) is 11.1 Å². The Morgan fingerprint density at radius 2 is 1.48 bits per heavy atom. The molecule has 3 nitrogen and oxygen atoms in total. The Morgan fingerprint density at radius 1 is 0.879 bits per heavy atom. The van der Waals surface area contributed by atoms with Gasteiger partial charge in [-0.05, 0) is 89.2 Å². The van der Waals surface area contributed by atoms with E-state index in [1.54, 1.807) is 13.8 Å². The van der Waals surface area contributed by atoms with Crippen LogP contribution in [0.25, 0.3) is 11.1 Å². The fourth-order valence-electron chi connectivity index (χ4n) is 4.03. The highest BCUT2D eigenvalue weighted by Gasteiger charge is 2.19. The molecule has 0 aliphatic rings. The average Bonchev–Trinajstić information content (AvgIpc) is 2.77. The molecule has 0 atom stereocenters. The van der Waals surface area contributed by atoms with Gasteiger partial charge in [0.05, 0.1) is 12.0 Å². The van der Waals surface area contributed by atoms with Gasteiger partial charge in [-0.1, -0.05) is 76.2 Å². The topological polar surface area (TPSA) is 49.3 Å². The highest BCUT2D eigenvalue weighted by Crippen LogP contribution is 2.32. The van der Waals surface area contributed by atoms with E-state index in [4.69, 9.17) is 0 Å². The number of benzene rings is 3. The van der Waals surface area contributed by atoms with E-state index >= 15 is 0 Å². The Bertz CT molecular complexity index is 1070. The zero-order valence-electron chi connectivity index (χ0n) is 20.5. The summed E-state index contributed by atoms with van der Waals surface area (Å²) in [4.78, 5) is 13.9. The summed E-state index contributed by atoms with van der Waals surface area (Å²) in [5.41, 5.74) is 5.52. The summed E-state index contributed by atoms with van der Waals surface area (Å²) in [5.74, 6) is 0.692. The van der Waals surface area contributed by atoms with E-state index in [1.165, 1.54) is 23.1 Å². The van der Waals surface area contributed by atoms with Crippen LogP contribution in [0.15, 0.2) is 71.6 Å². The molecule has 33 heavy (non-hydrogen) atoms. The molecule has 0 aromatic heterocycles. The van der Waals surface area contributed by atoms with E-state index in [9.17, 15) is 9.90 Å². The predicted octanol–water partition coefficient (Wildman–Crippen LogP) is 7.19. The summed E-state index contributed by atoms with van der Waals surface area (Å²) >= 11 is 1.30. The second-order valence-electron chi connectivity index (χ2n) is 9.70. The first-order valence-electron chi connectivity index (χ1n) is 11.6. The zero-order chi connectivity index (χ0) is 24.2. The van der Waals surface area contributed by atoms with Crippen molar-refractivity contribution in [3.05, 3.63) is 89.0 Å². The van der Waals surface area contributed by atoms with Crippen LogP contribution in [0, 0.1) is 0 Å². The lowest BCUT2D eigenvalue weighted by atomic mass is 9.87. The Morgan fingerprint density at radius 3 is 2.03 bits per heavy atom. The molecule has 0 saturated heterocycles. The maximum Gasteiger partial charge on any atom is 0.234 e. The molecule has 3 rings (SSSR count). The Labute approximate surface area is 202 Å². The van der Waals surface area contributed by atoms with Crippen molar-refractivity contribution >= 4 is 17.9 Å². The summed E-state index contributed by atoms with van der Waals surface area (Å²) in [7, 11) is 0. The number of carbonyl (C=O) groups excluding carboxylic acids is 1. The molecule has 3 aromatic carbocycles. The van der Waals surface area contributed by atoms with Crippen LogP contribution in [0.5, 0.6) is 0 Å². The molecule has 0 bridgehead atoms. The Hall–Kier alpha value is -2.56. The molecule has 0 aliphatic heterocycles. The first-order chi connectivity index (χ1) is 15.6. The van der Waals surface area contributed by atoms with E-state index < -0.39 is 5.60 Å². The van der Waals surface area contributed by atoms with Gasteiger partial charge in [0.15, 0.2) is 0 Å². The van der Waals surface area contributed by atoms with Crippen LogP contribution >= 0.6 is 11.9 Å². The average molecular weight is 462 g/mol. The van der Waals surface area contributed by atoms with Gasteiger partial charge >= 0.3 is 0 Å². The smallest absolute Gasteiger partial charge is 0.234 e. The minimum atomic E-state index is -0.980. The molecular formula is C29H35NO2S. The van der Waals surface area contributed by atoms with Gasteiger partial charge in [-0.25, -0.2) is 0 Å². The third-order valence-corrected chi connectivity index (χ3v) is 6.63. The van der Waals surface area contributed by atoms with E-state index in [-0.39, 0.29) is 5.91 Å². The normalized spacial score (nSPS) is 11.8. The minimum Gasteiger partial charge on any atom is -0.386 e. The largest absolute Gasteiger partial charge is 0.386 e. The highest BCUT2D eigenvalue weighted by atomic mass is 32.2. The standard InChI is InChI=1S/C29H35NO2S/c1-19(2)25-13-10-14-26(20(3)4)27(25)18-28(31)30-33-24-16-22(21-11-8-7-9-12-21)15-23(17-24)29(5,6)32/h7-17,19-20,32H,18H2,1-6H3,(H,30,31). The second-order valence-corrected chi connectivity index (χ2v) is 10.6. The highest BCUT2D eigenvalue weighted by molar-refractivity contribution is 7.98. The lowest BCUT2D eigenvalue weighted by Crippen LogP contribution is -2.20. The summed E-state index contributed by atoms with van der Waals surface area (Å²) in [5, 5.41) is 10.6. The van der Waals surface area contributed by atoms with E-state index in [2.05, 4.69) is 56.7 Å². The van der Waals surface area contributed by atoms with Crippen LogP contribution in [0.1, 0.15) is 75.6 Å². The quantitative estimate of drug-likeness (QED) is 0.349. The van der Waals surface area contributed by atoms with Crippen molar-refractivity contribution in [3.63, 3.8) is 0 Å². The van der Waals surface area contributed by atoms with Crippen LogP contribution < -0.4 is 4.72 Å². The molecule has 1 amide bonds. The van der Waals surface area contributed by atoms with Gasteiger partial charge in [0.2, 0.25) is 5.91 Å². The lowest BCUT2D eigenvalue weighted by Gasteiger charge is -2.21. The lowest BCUT2D eigenvalue weighted by molar-refractivity contribution is -0.118. The number of hydrogen-bond donors (Lipinski definition) is 2. The third kappa shape index (κ3) is 6.49. The summed E-state index contributed by atoms with van der Waals surface area (Å²) in [6.07, 6.45) is 0.353. The molecule has 0 aliphatic carbocycles. The van der Waals surface area contributed by atoms with Gasteiger partial charge in [0.25, 0.3) is 0 Å². The molecule has 0 fully saturated rings. The molecule has 0 saturated carbocycles. The van der Waals surface area contributed by atoms with Crippen LogP contribution in [0.3, 0.4) is 0 Å². The molecule has 0 heterocycles. The number of rotatable bonds is 8. The molecule has 2 N–H and O–H groups in total. The van der Waals surface area contributed by atoms with Gasteiger partial charge in [0.1, 0.15) is 0 Å². The monoisotopic (exact) mass is 461 g/mol. The molecule has 0 unspecified atom stereocenters. The van der Waals surface area contributed by atoms with Crippen molar-refractivity contribution in [1.82, 2.24) is 4.72 Å². The fraction of sp³-hybridized carbons (Fsp3) is 0.345. The van der Waals surface area contributed by atoms with Gasteiger partial charge < -0.3 is 5.11 Å². The molecule has 0 spiro atoms. The maximum atomic E-state index is 13.0. The Balaban J connectivity index is 1.84. The predicted molar refractivity (Wildman–Crippen MR) is 139 cm³/mol. The van der Waals surface area contributed by atoms with Crippen LogP contribution in [0.2, 0.25) is 0 Å². The second kappa shape index (κ2) is 10.6. The van der Waals surface area contributed by atoms with Crippen molar-refractivity contribution in [2.45, 2.75) is 70.3 Å². The number of nitrogens with one attached hydrogen (secondary N) is 1. The zero-order valence-corrected chi connectivity index (χ0v) is 21.3. The molecule has 0 radical (unpaired) electrons. The molecule has 4 heteroatoms. The van der Waals surface area contributed by atoms with Gasteiger partial charge in [-0.3, -0.25) is 9.52 Å². The summed E-state index contributed by atoms with van der Waals surface area (Å²) in [6.45, 7) is 12.2. The van der Waals surface area contributed by atoms with Gasteiger partial charge in [0, 0.05) is 4.90 Å². The molecular weight excluding hydrogens is 426 g/mol. The fourth-order valence-corrected chi connectivity index (χ4v) is 4.71. The third-order valence-electron chi connectivity index (χ3n) is 5.83. The van der Waals surface area contributed by atoms with Crippen LogP contribution in [-0.4, -0.2) is 11.0 Å². The van der Waals surface area contributed by atoms with Gasteiger partial charge in [-0.2, -0.15) is 0 Å². The Kier molecular flexibility index (Phi) is 8.04. The summed E-state index contributed by atoms with van der Waals surface area (Å²) in [6, 6.07) is 22.4. The molecule has 174 valence electrons. The SMILES string of the molecule is CC(C)c1cccc(C(C)C)c1CC(=O)NSc1cc(-c2ccccc2)cc(C(C)(C)O)c1. The van der Waals surface area contributed by atoms with Crippen molar-refractivity contribution in [2.24, 2.45) is 0 Å². The number of amides is 1. The number of carbonyl (C=O) groups is 1. The van der Waals surface area contributed by atoms with E-state index in [0.717, 1.165) is 27.1 Å². The minimum absolute atomic E-state index is 0.0232. The first-order valence-corrected chi connectivity index (χ1v) is 12.4.